The number of hydrogen-bond donors (Lipinski definition) is 0. The van der Waals surface area contributed by atoms with E-state index in [1.54, 1.807) is 30.5 Å². The minimum atomic E-state index is -0.434. The van der Waals surface area contributed by atoms with Gasteiger partial charge in [-0.25, -0.2) is 0 Å². The molecule has 0 radical (unpaired) electrons. The van der Waals surface area contributed by atoms with Crippen LogP contribution in [0, 0.1) is 0 Å². The predicted octanol–water partition coefficient (Wildman–Crippen LogP) is 3.31. The Morgan fingerprint density at radius 2 is 1.92 bits per heavy atom. The zero-order chi connectivity index (χ0) is 17.1. The minimum absolute atomic E-state index is 0.116. The highest BCUT2D eigenvalue weighted by Crippen LogP contribution is 2.48. The standard InChI is InChI=1S/C19H14O6/c1-21-10-4-3-5-11-15(10)17(20)16-12(22-2)8-13-14(18(16)24-11)9-6-7-23-19(9)25-13/h3-9,19H,1-2H3/t9-,19-/m0/s1. The van der Waals surface area contributed by atoms with Crippen molar-refractivity contribution in [3.05, 3.63) is 52.4 Å². The second kappa shape index (κ2) is 4.92. The Balaban J connectivity index is 1.98. The largest absolute Gasteiger partial charge is 0.496 e. The lowest BCUT2D eigenvalue weighted by molar-refractivity contribution is -0.00484. The molecule has 6 heteroatoms. The average Bonchev–Trinajstić information content (AvgIpc) is 3.20. The fourth-order valence-corrected chi connectivity index (χ4v) is 3.59. The average molecular weight is 338 g/mol. The molecule has 0 bridgehead atoms. The summed E-state index contributed by atoms with van der Waals surface area (Å²) in [5.41, 5.74) is 1.53. The van der Waals surface area contributed by atoms with Crippen molar-refractivity contribution in [3.8, 4) is 17.2 Å². The monoisotopic (exact) mass is 338 g/mol. The van der Waals surface area contributed by atoms with Crippen LogP contribution in [0.4, 0.5) is 0 Å². The molecular formula is C19H14O6. The highest BCUT2D eigenvalue weighted by Gasteiger charge is 2.40. The Labute approximate surface area is 142 Å². The van der Waals surface area contributed by atoms with Crippen LogP contribution in [-0.2, 0) is 4.74 Å². The zero-order valence-corrected chi connectivity index (χ0v) is 13.6. The van der Waals surface area contributed by atoms with Crippen molar-refractivity contribution in [1.82, 2.24) is 0 Å². The first kappa shape index (κ1) is 14.2. The van der Waals surface area contributed by atoms with E-state index < -0.39 is 6.29 Å². The molecule has 0 fully saturated rings. The highest BCUT2D eigenvalue weighted by molar-refractivity contribution is 5.98. The van der Waals surface area contributed by atoms with Crippen molar-refractivity contribution >= 4 is 21.9 Å². The Hall–Kier alpha value is -3.15. The maximum atomic E-state index is 13.2. The van der Waals surface area contributed by atoms with Gasteiger partial charge in [-0.3, -0.25) is 4.79 Å². The molecule has 3 heterocycles. The van der Waals surface area contributed by atoms with E-state index >= 15 is 0 Å². The van der Waals surface area contributed by atoms with Gasteiger partial charge in [-0.2, -0.15) is 0 Å². The second-order valence-corrected chi connectivity index (χ2v) is 5.94. The van der Waals surface area contributed by atoms with E-state index in [1.807, 2.05) is 6.08 Å². The molecular weight excluding hydrogens is 324 g/mol. The maximum absolute atomic E-state index is 13.2. The Bertz CT molecular complexity index is 1110. The maximum Gasteiger partial charge on any atom is 0.250 e. The van der Waals surface area contributed by atoms with Crippen LogP contribution in [0.15, 0.2) is 45.8 Å². The van der Waals surface area contributed by atoms with Gasteiger partial charge in [0.2, 0.25) is 5.43 Å². The van der Waals surface area contributed by atoms with Gasteiger partial charge in [-0.15, -0.1) is 0 Å². The molecule has 0 spiro atoms. The lowest BCUT2D eigenvalue weighted by Crippen LogP contribution is -2.14. The molecule has 2 aromatic carbocycles. The van der Waals surface area contributed by atoms with Crippen LogP contribution in [-0.4, -0.2) is 20.5 Å². The summed E-state index contributed by atoms with van der Waals surface area (Å²) in [6, 6.07) is 6.98. The molecule has 0 unspecified atom stereocenters. The molecule has 25 heavy (non-hydrogen) atoms. The van der Waals surface area contributed by atoms with Crippen LogP contribution in [0.2, 0.25) is 0 Å². The fourth-order valence-electron chi connectivity index (χ4n) is 3.59. The van der Waals surface area contributed by atoms with Gasteiger partial charge >= 0.3 is 0 Å². The van der Waals surface area contributed by atoms with Crippen LogP contribution in [0.25, 0.3) is 21.9 Å². The second-order valence-electron chi connectivity index (χ2n) is 5.94. The van der Waals surface area contributed by atoms with Crippen molar-refractivity contribution in [2.24, 2.45) is 0 Å². The number of rotatable bonds is 2. The Kier molecular flexibility index (Phi) is 2.80. The Morgan fingerprint density at radius 1 is 1.08 bits per heavy atom. The number of hydrogen-bond acceptors (Lipinski definition) is 6. The van der Waals surface area contributed by atoms with Gasteiger partial charge in [-0.1, -0.05) is 6.07 Å². The van der Waals surface area contributed by atoms with E-state index in [1.165, 1.54) is 14.2 Å². The summed E-state index contributed by atoms with van der Waals surface area (Å²) in [6.07, 6.45) is 3.07. The van der Waals surface area contributed by atoms with Gasteiger partial charge in [-0.05, 0) is 18.2 Å². The van der Waals surface area contributed by atoms with Crippen molar-refractivity contribution in [3.63, 3.8) is 0 Å². The molecule has 1 aromatic heterocycles. The number of ether oxygens (including phenoxy) is 4. The van der Waals surface area contributed by atoms with Crippen LogP contribution in [0.3, 0.4) is 0 Å². The summed E-state index contributed by atoms with van der Waals surface area (Å²) in [6.45, 7) is 0. The van der Waals surface area contributed by atoms with E-state index in [9.17, 15) is 4.79 Å². The molecule has 0 amide bonds. The smallest absolute Gasteiger partial charge is 0.250 e. The molecule has 2 atom stereocenters. The molecule has 2 aliphatic rings. The third kappa shape index (κ3) is 1.76. The van der Waals surface area contributed by atoms with E-state index in [4.69, 9.17) is 23.4 Å². The molecule has 0 aliphatic carbocycles. The molecule has 126 valence electrons. The van der Waals surface area contributed by atoms with Crippen LogP contribution >= 0.6 is 0 Å². The quantitative estimate of drug-likeness (QED) is 0.668. The normalized spacial score (nSPS) is 20.2. The minimum Gasteiger partial charge on any atom is -0.496 e. The predicted molar refractivity (Wildman–Crippen MR) is 90.5 cm³/mol. The van der Waals surface area contributed by atoms with E-state index in [0.29, 0.717) is 39.2 Å². The zero-order valence-electron chi connectivity index (χ0n) is 13.6. The van der Waals surface area contributed by atoms with E-state index in [2.05, 4.69) is 0 Å². The van der Waals surface area contributed by atoms with Crippen molar-refractivity contribution in [1.29, 1.82) is 0 Å². The van der Waals surface area contributed by atoms with Gasteiger partial charge < -0.3 is 23.4 Å². The van der Waals surface area contributed by atoms with E-state index in [-0.39, 0.29) is 11.3 Å². The van der Waals surface area contributed by atoms with Gasteiger partial charge in [0.25, 0.3) is 6.29 Å². The highest BCUT2D eigenvalue weighted by atomic mass is 16.7. The van der Waals surface area contributed by atoms with Crippen molar-refractivity contribution in [2.45, 2.75) is 12.2 Å². The molecule has 0 N–H and O–H groups in total. The molecule has 5 rings (SSSR count). The van der Waals surface area contributed by atoms with Crippen LogP contribution < -0.4 is 19.6 Å². The molecule has 6 nitrogen and oxygen atoms in total. The van der Waals surface area contributed by atoms with Crippen molar-refractivity contribution < 1.29 is 23.4 Å². The first-order chi connectivity index (χ1) is 12.2. The lowest BCUT2D eigenvalue weighted by atomic mass is 9.97. The van der Waals surface area contributed by atoms with Crippen molar-refractivity contribution in [2.75, 3.05) is 14.2 Å². The first-order valence-electron chi connectivity index (χ1n) is 7.86. The summed E-state index contributed by atoms with van der Waals surface area (Å²) >= 11 is 0. The summed E-state index contributed by atoms with van der Waals surface area (Å²) in [5, 5.41) is 0.771. The topological polar surface area (TPSA) is 67.1 Å². The third-order valence-corrected chi connectivity index (χ3v) is 4.71. The van der Waals surface area contributed by atoms with Gasteiger partial charge in [0.15, 0.2) is 0 Å². The summed E-state index contributed by atoms with van der Waals surface area (Å²) in [4.78, 5) is 13.2. The molecule has 3 aromatic rings. The molecule has 0 saturated carbocycles. The molecule has 2 aliphatic heterocycles. The first-order valence-corrected chi connectivity index (χ1v) is 7.86. The third-order valence-electron chi connectivity index (χ3n) is 4.71. The fraction of sp³-hybridized carbons (Fsp3) is 0.211. The lowest BCUT2D eigenvalue weighted by Gasteiger charge is -2.12. The van der Waals surface area contributed by atoms with Crippen LogP contribution in [0.5, 0.6) is 17.2 Å². The summed E-state index contributed by atoms with van der Waals surface area (Å²) < 4.78 is 28.2. The number of fused-ring (bicyclic) bond motifs is 6. The van der Waals surface area contributed by atoms with Gasteiger partial charge in [0, 0.05) is 6.07 Å². The van der Waals surface area contributed by atoms with Crippen LogP contribution in [0.1, 0.15) is 11.5 Å². The number of benzene rings is 2. The van der Waals surface area contributed by atoms with Gasteiger partial charge in [0.1, 0.15) is 39.2 Å². The van der Waals surface area contributed by atoms with Gasteiger partial charge in [0.05, 0.1) is 32.0 Å². The molecule has 0 saturated heterocycles. The summed E-state index contributed by atoms with van der Waals surface area (Å²) in [7, 11) is 3.04. The number of methoxy groups -OCH3 is 2. The van der Waals surface area contributed by atoms with E-state index in [0.717, 1.165) is 5.56 Å². The Morgan fingerprint density at radius 3 is 2.72 bits per heavy atom. The summed E-state index contributed by atoms with van der Waals surface area (Å²) in [5.74, 6) is 1.36. The SMILES string of the molecule is COc1cccc2oc3c4c(cc(OC)c3c(=O)c12)O[C@@H]1OC=C[C@@H]41.